The topological polar surface area (TPSA) is 124 Å². The van der Waals surface area contributed by atoms with Crippen LogP contribution in [0.15, 0.2) is 29.1 Å². The van der Waals surface area contributed by atoms with E-state index in [4.69, 9.17) is 14.9 Å². The fourth-order valence-electron chi connectivity index (χ4n) is 2.73. The molecule has 2 aromatic rings. The van der Waals surface area contributed by atoms with Gasteiger partial charge in [-0.3, -0.25) is 9.36 Å². The van der Waals surface area contributed by atoms with Crippen LogP contribution < -0.4 is 10.4 Å². The van der Waals surface area contributed by atoms with Crippen LogP contribution in [0.4, 0.5) is 0 Å². The number of aryl methyl sites for hydroxylation is 2. The van der Waals surface area contributed by atoms with Crippen LogP contribution in [-0.2, 0) is 35.5 Å². The van der Waals surface area contributed by atoms with Crippen LogP contribution in [0.3, 0.4) is 0 Å². The third-order valence-corrected chi connectivity index (χ3v) is 4.28. The zero-order valence-corrected chi connectivity index (χ0v) is 16.2. The summed E-state index contributed by atoms with van der Waals surface area (Å²) in [5.74, 6) is -1.11. The number of nitrogens with zero attached hydrogens (tertiary/aromatic N) is 3. The molecule has 1 aromatic carbocycles. The minimum absolute atomic E-state index is 0.414. The van der Waals surface area contributed by atoms with Gasteiger partial charge in [-0.15, -0.1) is 0 Å². The molecule has 0 saturated heterocycles. The molecule has 152 valence electrons. The van der Waals surface area contributed by atoms with Gasteiger partial charge in [0.15, 0.2) is 5.60 Å². The van der Waals surface area contributed by atoms with E-state index < -0.39 is 29.8 Å². The van der Waals surface area contributed by atoms with Crippen molar-refractivity contribution >= 4 is 11.9 Å². The van der Waals surface area contributed by atoms with Crippen molar-refractivity contribution in [2.45, 2.75) is 58.7 Å². The predicted molar refractivity (Wildman–Crippen MR) is 101 cm³/mol. The summed E-state index contributed by atoms with van der Waals surface area (Å²) in [6.07, 6.45) is 2.00. The van der Waals surface area contributed by atoms with E-state index in [1.807, 2.05) is 19.1 Å². The van der Waals surface area contributed by atoms with E-state index in [0.29, 0.717) is 24.5 Å². The summed E-state index contributed by atoms with van der Waals surface area (Å²) in [7, 11) is 0. The zero-order chi connectivity index (χ0) is 20.9. The second-order valence-electron chi connectivity index (χ2n) is 6.91. The number of aliphatic carboxylic acids is 2. The third-order valence-electron chi connectivity index (χ3n) is 4.28. The highest BCUT2D eigenvalue weighted by atomic mass is 16.5. The molecule has 0 aliphatic heterocycles. The van der Waals surface area contributed by atoms with Crippen molar-refractivity contribution in [3.8, 4) is 5.75 Å². The van der Waals surface area contributed by atoms with Crippen molar-refractivity contribution in [3.05, 3.63) is 46.1 Å². The van der Waals surface area contributed by atoms with E-state index in [1.54, 1.807) is 12.1 Å². The van der Waals surface area contributed by atoms with Gasteiger partial charge in [0, 0.05) is 13.0 Å². The van der Waals surface area contributed by atoms with Crippen LogP contribution in [0, 0.1) is 0 Å². The Morgan fingerprint density at radius 2 is 1.79 bits per heavy atom. The second-order valence-corrected chi connectivity index (χ2v) is 6.91. The van der Waals surface area contributed by atoms with Gasteiger partial charge in [0.1, 0.15) is 18.1 Å². The molecule has 28 heavy (non-hydrogen) atoms. The van der Waals surface area contributed by atoms with Crippen LogP contribution in [-0.4, -0.2) is 42.1 Å². The maximum atomic E-state index is 12.1. The summed E-state index contributed by atoms with van der Waals surface area (Å²) < 4.78 is 7.92. The first-order valence-corrected chi connectivity index (χ1v) is 9.03. The first-order chi connectivity index (χ1) is 13.1. The Hall–Kier alpha value is -3.10. The van der Waals surface area contributed by atoms with E-state index in [0.717, 1.165) is 23.1 Å². The molecule has 9 nitrogen and oxygen atoms in total. The second kappa shape index (κ2) is 8.73. The number of rotatable bonds is 10. The minimum Gasteiger partial charge on any atom is -0.480 e. The molecule has 0 radical (unpaired) electrons. The highest BCUT2D eigenvalue weighted by molar-refractivity contribution is 5.76. The molecule has 1 aromatic heterocycles. The summed E-state index contributed by atoms with van der Waals surface area (Å²) in [5.41, 5.74) is -0.682. The van der Waals surface area contributed by atoms with Crippen molar-refractivity contribution in [1.29, 1.82) is 0 Å². The normalized spacial score (nSPS) is 11.4. The van der Waals surface area contributed by atoms with E-state index in [9.17, 15) is 14.4 Å². The van der Waals surface area contributed by atoms with Gasteiger partial charge >= 0.3 is 17.6 Å². The molecule has 2 rings (SSSR count). The lowest BCUT2D eigenvalue weighted by Gasteiger charge is -2.21. The maximum absolute atomic E-state index is 12.1. The van der Waals surface area contributed by atoms with Crippen LogP contribution in [0.2, 0.25) is 0 Å². The highest BCUT2D eigenvalue weighted by Gasteiger charge is 2.29. The van der Waals surface area contributed by atoms with Crippen molar-refractivity contribution in [1.82, 2.24) is 14.3 Å². The first-order valence-electron chi connectivity index (χ1n) is 9.03. The molecule has 0 saturated carbocycles. The van der Waals surface area contributed by atoms with E-state index >= 15 is 0 Å². The number of carbonyl (C=O) groups is 2. The largest absolute Gasteiger partial charge is 0.480 e. The quantitative estimate of drug-likeness (QED) is 0.630. The number of carboxylic acid groups (broad SMARTS) is 2. The van der Waals surface area contributed by atoms with Gasteiger partial charge in [-0.1, -0.05) is 12.1 Å². The van der Waals surface area contributed by atoms with Crippen molar-refractivity contribution in [2.75, 3.05) is 0 Å². The monoisotopic (exact) mass is 391 g/mol. The SMILES string of the molecule is CCn1c(CCCc2ccc(OC(C)(C)C(=O)O)cc2)nn(CC(=O)O)c1=O. The minimum atomic E-state index is -1.31. The number of carboxylic acids is 2. The Morgan fingerprint density at radius 3 is 2.32 bits per heavy atom. The molecule has 0 bridgehead atoms. The van der Waals surface area contributed by atoms with Crippen LogP contribution >= 0.6 is 0 Å². The molecule has 1 heterocycles. The van der Waals surface area contributed by atoms with Gasteiger partial charge < -0.3 is 14.9 Å². The summed E-state index contributed by atoms with van der Waals surface area (Å²) in [6, 6.07) is 7.18. The van der Waals surface area contributed by atoms with Crippen LogP contribution in [0.5, 0.6) is 5.75 Å². The molecule has 9 heteroatoms. The molecule has 0 unspecified atom stereocenters. The molecule has 0 aliphatic rings. The number of ether oxygens (including phenoxy) is 1. The van der Waals surface area contributed by atoms with Crippen molar-refractivity contribution in [2.24, 2.45) is 0 Å². The van der Waals surface area contributed by atoms with Crippen molar-refractivity contribution in [3.63, 3.8) is 0 Å². The van der Waals surface area contributed by atoms with E-state index in [1.165, 1.54) is 18.4 Å². The predicted octanol–water partition coefficient (Wildman–Crippen LogP) is 1.57. The van der Waals surface area contributed by atoms with E-state index in [2.05, 4.69) is 5.10 Å². The zero-order valence-electron chi connectivity index (χ0n) is 16.2. The van der Waals surface area contributed by atoms with Gasteiger partial charge in [0.25, 0.3) is 0 Å². The van der Waals surface area contributed by atoms with Gasteiger partial charge in [-0.2, -0.15) is 5.10 Å². The maximum Gasteiger partial charge on any atom is 0.347 e. The molecule has 0 fully saturated rings. The Morgan fingerprint density at radius 1 is 1.14 bits per heavy atom. The molecular formula is C19H25N3O6. The Balaban J connectivity index is 1.97. The van der Waals surface area contributed by atoms with E-state index in [-0.39, 0.29) is 0 Å². The molecule has 2 N–H and O–H groups in total. The summed E-state index contributed by atoms with van der Waals surface area (Å²) in [5, 5.41) is 22.1. The van der Waals surface area contributed by atoms with Gasteiger partial charge in [0.05, 0.1) is 0 Å². The number of hydrogen-bond donors (Lipinski definition) is 2. The number of hydrogen-bond acceptors (Lipinski definition) is 5. The lowest BCUT2D eigenvalue weighted by atomic mass is 10.1. The third kappa shape index (κ3) is 5.21. The molecule has 0 atom stereocenters. The summed E-state index contributed by atoms with van der Waals surface area (Å²) >= 11 is 0. The van der Waals surface area contributed by atoms with Crippen LogP contribution in [0.25, 0.3) is 0 Å². The summed E-state index contributed by atoms with van der Waals surface area (Å²) in [6.45, 7) is 4.77. The average molecular weight is 391 g/mol. The lowest BCUT2D eigenvalue weighted by Crippen LogP contribution is -2.37. The molecular weight excluding hydrogens is 366 g/mol. The lowest BCUT2D eigenvalue weighted by molar-refractivity contribution is -0.152. The number of aromatic nitrogens is 3. The standard InChI is InChI=1S/C19H25N3O6/c1-4-21-15(20-22(18(21)27)12-16(23)24)7-5-6-13-8-10-14(11-9-13)28-19(2,3)17(25)26/h8-11H,4-7,12H2,1-3H3,(H,23,24)(H,25,26). The average Bonchev–Trinajstić information content (AvgIpc) is 2.90. The smallest absolute Gasteiger partial charge is 0.347 e. The Kier molecular flexibility index (Phi) is 6.61. The Bertz CT molecular complexity index is 895. The highest BCUT2D eigenvalue weighted by Crippen LogP contribution is 2.20. The van der Waals surface area contributed by atoms with Gasteiger partial charge in [0.2, 0.25) is 0 Å². The molecule has 0 spiro atoms. The number of benzene rings is 1. The first kappa shape index (κ1) is 21.2. The van der Waals surface area contributed by atoms with Gasteiger partial charge in [-0.05, 0) is 51.3 Å². The fourth-order valence-corrected chi connectivity index (χ4v) is 2.73. The molecule has 0 aliphatic carbocycles. The molecule has 0 amide bonds. The van der Waals surface area contributed by atoms with Crippen LogP contribution in [0.1, 0.15) is 38.6 Å². The summed E-state index contributed by atoms with van der Waals surface area (Å²) in [4.78, 5) is 34.1. The Labute approximate surface area is 162 Å². The fraction of sp³-hybridized carbons (Fsp3) is 0.474. The van der Waals surface area contributed by atoms with Crippen molar-refractivity contribution < 1.29 is 24.5 Å². The van der Waals surface area contributed by atoms with Gasteiger partial charge in [-0.25, -0.2) is 14.3 Å².